The fourth-order valence-corrected chi connectivity index (χ4v) is 14.1. The number of hydrogen-bond acceptors (Lipinski definition) is 6. The minimum Gasteiger partial charge on any atom is -0.456 e. The third-order valence-electron chi connectivity index (χ3n) is 17.7. The molecular formula is C78H47N3O3. The van der Waals surface area contributed by atoms with Crippen molar-refractivity contribution in [3.8, 4) is 44.5 Å². The quantitative estimate of drug-likeness (QED) is 0.151. The molecule has 0 amide bonds. The topological polar surface area (TPSA) is 58.8 Å². The Balaban J connectivity index is 0.920. The second-order valence-corrected chi connectivity index (χ2v) is 22.1. The number of benzene rings is 12. The van der Waals surface area contributed by atoms with Crippen LogP contribution in [0.1, 0.15) is 22.3 Å². The molecule has 2 aliphatic rings. The van der Waals surface area contributed by atoms with Crippen LogP contribution >= 0.6 is 0 Å². The summed E-state index contributed by atoms with van der Waals surface area (Å²) in [5.74, 6) is 0. The first-order valence-corrected chi connectivity index (χ1v) is 28.6. The van der Waals surface area contributed by atoms with Crippen molar-refractivity contribution in [1.82, 2.24) is 4.98 Å². The molecule has 4 heterocycles. The summed E-state index contributed by atoms with van der Waals surface area (Å²) in [6, 6.07) is 101. The van der Waals surface area contributed by atoms with Crippen LogP contribution < -0.4 is 9.80 Å². The lowest BCUT2D eigenvalue weighted by molar-refractivity contribution is 0.654. The molecule has 0 radical (unpaired) electrons. The van der Waals surface area contributed by atoms with Crippen molar-refractivity contribution in [1.29, 1.82) is 0 Å². The van der Waals surface area contributed by atoms with E-state index in [1.807, 2.05) is 36.5 Å². The van der Waals surface area contributed by atoms with Crippen molar-refractivity contribution in [3.63, 3.8) is 0 Å². The number of pyridine rings is 1. The first-order valence-electron chi connectivity index (χ1n) is 28.6. The minimum absolute atomic E-state index is 0.576. The Morgan fingerprint density at radius 3 is 1.37 bits per heavy atom. The summed E-state index contributed by atoms with van der Waals surface area (Å²) in [7, 11) is 0. The molecule has 0 aliphatic heterocycles. The molecule has 18 rings (SSSR count). The lowest BCUT2D eigenvalue weighted by Crippen LogP contribution is -2.26. The molecule has 6 heteroatoms. The normalized spacial score (nSPS) is 12.9. The molecule has 84 heavy (non-hydrogen) atoms. The number of fused-ring (bicyclic) bond motifs is 20. The van der Waals surface area contributed by atoms with Crippen molar-refractivity contribution in [2.75, 3.05) is 9.80 Å². The van der Waals surface area contributed by atoms with Gasteiger partial charge >= 0.3 is 0 Å². The molecule has 0 N–H and O–H groups in total. The van der Waals surface area contributed by atoms with Gasteiger partial charge in [-0.2, -0.15) is 0 Å². The summed E-state index contributed by atoms with van der Waals surface area (Å²) in [6.07, 6.45) is 1.83. The molecular weight excluding hydrogens is 1030 g/mol. The third kappa shape index (κ3) is 6.70. The number of para-hydroxylation sites is 2. The SMILES string of the molecule is c1ccc(-c2ccc(N(c3ccc4c(c3)C3(c5ccccc5-c5ccccc53)c3cc(N(c5ccc(-c6ccccc6)cc5)c5ccc6c(c5)oc5ccccc56)c5c(oc6ncccc65)c3-4)c3ccc4c(c3)oc3ccccc34)cc2)cc1. The highest BCUT2D eigenvalue weighted by Crippen LogP contribution is 2.66. The molecule has 2 aliphatic carbocycles. The Morgan fingerprint density at radius 1 is 0.298 bits per heavy atom. The maximum Gasteiger partial charge on any atom is 0.227 e. The van der Waals surface area contributed by atoms with Gasteiger partial charge in [-0.3, -0.25) is 0 Å². The molecule has 0 saturated carbocycles. The predicted octanol–water partition coefficient (Wildman–Crippen LogP) is 21.4. The standard InChI is InChI=1S/C78H47N3O3/c1-3-16-48(17-4-1)50-29-33-52(34-30-50)80(55-37-40-61-59-22-9-13-27-70(59)82-72(61)45-55)54-39-42-63-67(44-54)78(65-25-11-7-20-57(65)58-21-8-12-26-66(58)78)68-47-69(75-64-24-15-43-79-77(64)84-76(75)74(63)68)81(53-35-31-51(32-36-53)49-18-5-2-6-19-49)56-38-41-62-60-23-10-14-28-71(60)83-73(62)46-56/h1-47H. The Kier molecular flexibility index (Phi) is 9.91. The van der Waals surface area contributed by atoms with Gasteiger partial charge in [-0.25, -0.2) is 4.98 Å². The van der Waals surface area contributed by atoms with Gasteiger partial charge in [0.1, 0.15) is 27.9 Å². The van der Waals surface area contributed by atoms with Crippen molar-refractivity contribution in [2.24, 2.45) is 0 Å². The summed E-state index contributed by atoms with van der Waals surface area (Å²) in [5, 5.41) is 6.22. The van der Waals surface area contributed by atoms with Crippen LogP contribution in [-0.4, -0.2) is 4.98 Å². The molecule has 0 saturated heterocycles. The van der Waals surface area contributed by atoms with Gasteiger partial charge in [0, 0.05) is 73.9 Å². The number of furan rings is 3. The number of aromatic nitrogens is 1. The van der Waals surface area contributed by atoms with Crippen molar-refractivity contribution < 1.29 is 13.3 Å². The smallest absolute Gasteiger partial charge is 0.227 e. The molecule has 4 aromatic heterocycles. The summed E-state index contributed by atoms with van der Waals surface area (Å²) >= 11 is 0. The van der Waals surface area contributed by atoms with E-state index < -0.39 is 5.41 Å². The van der Waals surface area contributed by atoms with E-state index >= 15 is 0 Å². The maximum absolute atomic E-state index is 7.33. The van der Waals surface area contributed by atoms with Crippen molar-refractivity contribution >= 4 is 100 Å². The maximum atomic E-state index is 7.33. The van der Waals surface area contributed by atoms with Gasteiger partial charge in [0.2, 0.25) is 5.71 Å². The zero-order valence-corrected chi connectivity index (χ0v) is 45.2. The Morgan fingerprint density at radius 2 is 0.762 bits per heavy atom. The van der Waals surface area contributed by atoms with Crippen LogP contribution in [0.15, 0.2) is 299 Å². The minimum atomic E-state index is -0.805. The molecule has 0 bridgehead atoms. The highest BCUT2D eigenvalue weighted by atomic mass is 16.3. The van der Waals surface area contributed by atoms with Gasteiger partial charge < -0.3 is 23.1 Å². The Bertz CT molecular complexity index is 5280. The molecule has 16 aromatic rings. The van der Waals surface area contributed by atoms with Gasteiger partial charge in [-0.05, 0) is 152 Å². The summed E-state index contributed by atoms with van der Waals surface area (Å²) in [5.41, 5.74) is 23.7. The number of rotatable bonds is 8. The van der Waals surface area contributed by atoms with E-state index in [9.17, 15) is 0 Å². The van der Waals surface area contributed by atoms with Gasteiger partial charge in [0.15, 0.2) is 0 Å². The van der Waals surface area contributed by atoms with E-state index in [0.717, 1.165) is 133 Å². The first kappa shape index (κ1) is 46.5. The predicted molar refractivity (Wildman–Crippen MR) is 343 cm³/mol. The van der Waals surface area contributed by atoms with Gasteiger partial charge in [0.25, 0.3) is 0 Å². The number of hydrogen-bond donors (Lipinski definition) is 0. The molecule has 0 atom stereocenters. The van der Waals surface area contributed by atoms with Crippen LogP contribution in [0.5, 0.6) is 0 Å². The van der Waals surface area contributed by atoms with Crippen LogP contribution in [0.4, 0.5) is 34.1 Å². The third-order valence-corrected chi connectivity index (χ3v) is 17.7. The second kappa shape index (κ2) is 17.9. The summed E-state index contributed by atoms with van der Waals surface area (Å²) < 4.78 is 20.7. The monoisotopic (exact) mass is 1070 g/mol. The fraction of sp³-hybridized carbons (Fsp3) is 0.0128. The number of anilines is 6. The van der Waals surface area contributed by atoms with E-state index in [2.05, 4.69) is 259 Å². The average molecular weight is 1070 g/mol. The van der Waals surface area contributed by atoms with Crippen LogP contribution in [0.3, 0.4) is 0 Å². The van der Waals surface area contributed by atoms with Gasteiger partial charge in [-0.15, -0.1) is 0 Å². The van der Waals surface area contributed by atoms with E-state index in [-0.39, 0.29) is 0 Å². The van der Waals surface area contributed by atoms with E-state index in [0.29, 0.717) is 5.71 Å². The van der Waals surface area contributed by atoms with Crippen LogP contribution in [0.2, 0.25) is 0 Å². The highest BCUT2D eigenvalue weighted by molar-refractivity contribution is 6.20. The lowest BCUT2D eigenvalue weighted by atomic mass is 9.70. The molecule has 0 fully saturated rings. The highest BCUT2D eigenvalue weighted by Gasteiger charge is 2.53. The van der Waals surface area contributed by atoms with Gasteiger partial charge in [-0.1, -0.05) is 176 Å². The molecule has 6 nitrogen and oxygen atoms in total. The van der Waals surface area contributed by atoms with E-state index in [1.165, 1.54) is 27.8 Å². The summed E-state index contributed by atoms with van der Waals surface area (Å²) in [6.45, 7) is 0. The Labute approximate surface area is 483 Å². The first-order chi connectivity index (χ1) is 41.6. The zero-order valence-electron chi connectivity index (χ0n) is 45.2. The van der Waals surface area contributed by atoms with E-state index in [4.69, 9.17) is 18.2 Å². The molecule has 0 unspecified atom stereocenters. The largest absolute Gasteiger partial charge is 0.456 e. The second-order valence-electron chi connectivity index (χ2n) is 22.1. The lowest BCUT2D eigenvalue weighted by Gasteiger charge is -2.33. The average Bonchev–Trinajstić information content (AvgIpc) is 1.59. The van der Waals surface area contributed by atoms with Crippen LogP contribution in [0, 0.1) is 0 Å². The molecule has 392 valence electrons. The van der Waals surface area contributed by atoms with Gasteiger partial charge in [0.05, 0.1) is 21.9 Å². The van der Waals surface area contributed by atoms with E-state index in [1.54, 1.807) is 0 Å². The van der Waals surface area contributed by atoms with Crippen molar-refractivity contribution in [3.05, 3.63) is 308 Å². The number of nitrogens with zero attached hydrogens (tertiary/aromatic N) is 3. The molecule has 1 spiro atoms. The summed E-state index contributed by atoms with van der Waals surface area (Å²) in [4.78, 5) is 9.75. The fourth-order valence-electron chi connectivity index (χ4n) is 14.1. The zero-order chi connectivity index (χ0) is 55.0. The Hall–Kier alpha value is -11.2. The molecule has 12 aromatic carbocycles. The van der Waals surface area contributed by atoms with Crippen molar-refractivity contribution in [2.45, 2.75) is 5.41 Å². The van der Waals surface area contributed by atoms with Crippen LogP contribution in [-0.2, 0) is 5.41 Å². The van der Waals surface area contributed by atoms with Crippen LogP contribution in [0.25, 0.3) is 110 Å².